The fourth-order valence-corrected chi connectivity index (χ4v) is 2.07. The molecule has 0 aromatic heterocycles. The molecular weight excluding hydrogens is 214 g/mol. The van der Waals surface area contributed by atoms with E-state index in [1.165, 1.54) is 0 Å². The lowest BCUT2D eigenvalue weighted by Crippen LogP contribution is -2.37. The molecule has 0 spiro atoms. The van der Waals surface area contributed by atoms with Crippen molar-refractivity contribution in [1.29, 1.82) is 0 Å². The Balaban J connectivity index is 3.91. The van der Waals surface area contributed by atoms with Crippen LogP contribution in [0.4, 0.5) is 0 Å². The third kappa shape index (κ3) is 6.87. The van der Waals surface area contributed by atoms with E-state index in [-0.39, 0.29) is 24.2 Å². The minimum Gasteiger partial charge on any atom is -0.396 e. The highest BCUT2D eigenvalue weighted by molar-refractivity contribution is 7.91. The second-order valence-corrected chi connectivity index (χ2v) is 6.53. The predicted octanol–water partition coefficient (Wildman–Crippen LogP) is 0.418. The van der Waals surface area contributed by atoms with E-state index in [2.05, 4.69) is 19.2 Å². The highest BCUT2D eigenvalue weighted by Gasteiger charge is 2.13. The Morgan fingerprint density at radius 3 is 2.33 bits per heavy atom. The minimum atomic E-state index is -2.88. The van der Waals surface area contributed by atoms with Crippen molar-refractivity contribution in [2.75, 3.05) is 24.7 Å². The molecule has 0 aliphatic heterocycles. The molecule has 4 nitrogen and oxygen atoms in total. The predicted molar refractivity (Wildman–Crippen MR) is 62.7 cm³/mol. The van der Waals surface area contributed by atoms with Crippen molar-refractivity contribution < 1.29 is 13.5 Å². The molecule has 0 aromatic rings. The maximum Gasteiger partial charge on any atom is 0.151 e. The van der Waals surface area contributed by atoms with Gasteiger partial charge in [0.25, 0.3) is 0 Å². The maximum atomic E-state index is 11.2. The van der Waals surface area contributed by atoms with Gasteiger partial charge in [0.05, 0.1) is 5.75 Å². The summed E-state index contributed by atoms with van der Waals surface area (Å²) in [5, 5.41) is 12.0. The molecule has 0 aromatic carbocycles. The minimum absolute atomic E-state index is 0.135. The molecular formula is C10H23NO3S. The van der Waals surface area contributed by atoms with Gasteiger partial charge in [0.2, 0.25) is 0 Å². The van der Waals surface area contributed by atoms with Crippen LogP contribution in [0.3, 0.4) is 0 Å². The summed E-state index contributed by atoms with van der Waals surface area (Å²) in [4.78, 5) is 0. The number of rotatable bonds is 8. The Labute approximate surface area is 93.0 Å². The normalized spacial score (nSPS) is 14.5. The standard InChI is InChI=1S/C10H23NO3S/c1-4-15(13,14)8-6-11-10(5-7-12)9(2)3/h9-12H,4-8H2,1-3H3. The summed E-state index contributed by atoms with van der Waals surface area (Å²) in [6.45, 7) is 6.38. The molecule has 0 bridgehead atoms. The summed E-state index contributed by atoms with van der Waals surface area (Å²) < 4.78 is 22.4. The number of hydrogen-bond acceptors (Lipinski definition) is 4. The van der Waals surface area contributed by atoms with Gasteiger partial charge < -0.3 is 10.4 Å². The molecule has 15 heavy (non-hydrogen) atoms. The van der Waals surface area contributed by atoms with Crippen molar-refractivity contribution in [2.24, 2.45) is 5.92 Å². The zero-order valence-electron chi connectivity index (χ0n) is 9.86. The van der Waals surface area contributed by atoms with Crippen molar-refractivity contribution in [3.63, 3.8) is 0 Å². The summed E-state index contributed by atoms with van der Waals surface area (Å²) in [7, 11) is -2.88. The van der Waals surface area contributed by atoms with Crippen molar-refractivity contribution in [1.82, 2.24) is 5.32 Å². The van der Waals surface area contributed by atoms with Crippen LogP contribution in [0.2, 0.25) is 0 Å². The van der Waals surface area contributed by atoms with Crippen LogP contribution in [0, 0.1) is 5.92 Å². The van der Waals surface area contributed by atoms with Crippen molar-refractivity contribution >= 4 is 9.84 Å². The smallest absolute Gasteiger partial charge is 0.151 e. The number of aliphatic hydroxyl groups excluding tert-OH is 1. The van der Waals surface area contributed by atoms with Gasteiger partial charge in [-0.2, -0.15) is 0 Å². The first-order valence-corrected chi connectivity index (χ1v) is 7.29. The van der Waals surface area contributed by atoms with E-state index in [4.69, 9.17) is 5.11 Å². The first-order valence-electron chi connectivity index (χ1n) is 5.47. The lowest BCUT2D eigenvalue weighted by molar-refractivity contribution is 0.246. The van der Waals surface area contributed by atoms with Crippen molar-refractivity contribution in [3.05, 3.63) is 0 Å². The van der Waals surface area contributed by atoms with Gasteiger partial charge in [0.15, 0.2) is 9.84 Å². The quantitative estimate of drug-likeness (QED) is 0.642. The van der Waals surface area contributed by atoms with E-state index >= 15 is 0 Å². The molecule has 0 saturated carbocycles. The summed E-state index contributed by atoms with van der Waals surface area (Å²) in [6, 6.07) is 0.196. The molecule has 0 rings (SSSR count). The van der Waals surface area contributed by atoms with Gasteiger partial charge >= 0.3 is 0 Å². The van der Waals surface area contributed by atoms with Crippen LogP contribution in [-0.4, -0.2) is 44.2 Å². The Morgan fingerprint density at radius 2 is 1.93 bits per heavy atom. The third-order valence-electron chi connectivity index (χ3n) is 2.50. The van der Waals surface area contributed by atoms with Gasteiger partial charge in [-0.05, 0) is 12.3 Å². The Hall–Kier alpha value is -0.130. The SMILES string of the molecule is CCS(=O)(=O)CCNC(CCO)C(C)C. The Morgan fingerprint density at radius 1 is 1.33 bits per heavy atom. The number of sulfone groups is 1. The average Bonchev–Trinajstić information content (AvgIpc) is 2.16. The first-order chi connectivity index (χ1) is 6.93. The summed E-state index contributed by atoms with van der Waals surface area (Å²) in [5.74, 6) is 0.778. The van der Waals surface area contributed by atoms with Crippen LogP contribution < -0.4 is 5.32 Å². The van der Waals surface area contributed by atoms with Crippen molar-refractivity contribution in [3.8, 4) is 0 Å². The first kappa shape index (κ1) is 14.9. The Bertz CT molecular complexity index is 249. The topological polar surface area (TPSA) is 66.4 Å². The number of hydrogen-bond donors (Lipinski definition) is 2. The summed E-state index contributed by atoms with van der Waals surface area (Å²) >= 11 is 0. The number of aliphatic hydroxyl groups is 1. The maximum absolute atomic E-state index is 11.2. The van der Waals surface area contributed by atoms with Gasteiger partial charge in [-0.25, -0.2) is 8.42 Å². The van der Waals surface area contributed by atoms with E-state index in [9.17, 15) is 8.42 Å². The molecule has 0 aliphatic rings. The highest BCUT2D eigenvalue weighted by atomic mass is 32.2. The fourth-order valence-electron chi connectivity index (χ4n) is 1.35. The number of nitrogens with one attached hydrogen (secondary N) is 1. The fraction of sp³-hybridized carbons (Fsp3) is 1.00. The molecule has 1 atom stereocenters. The molecule has 0 fully saturated rings. The van der Waals surface area contributed by atoms with E-state index < -0.39 is 9.84 Å². The van der Waals surface area contributed by atoms with Crippen LogP contribution in [0.15, 0.2) is 0 Å². The molecule has 0 aliphatic carbocycles. The summed E-state index contributed by atoms with van der Waals surface area (Å²) in [5.41, 5.74) is 0. The van der Waals surface area contributed by atoms with Gasteiger partial charge in [0.1, 0.15) is 0 Å². The van der Waals surface area contributed by atoms with E-state index in [0.717, 1.165) is 0 Å². The molecule has 92 valence electrons. The molecule has 2 N–H and O–H groups in total. The van der Waals surface area contributed by atoms with Gasteiger partial charge in [0, 0.05) is 24.9 Å². The van der Waals surface area contributed by atoms with Crippen LogP contribution in [0.5, 0.6) is 0 Å². The zero-order chi connectivity index (χ0) is 11.9. The second kappa shape index (κ2) is 7.19. The molecule has 1 unspecified atom stereocenters. The van der Waals surface area contributed by atoms with Crippen LogP contribution >= 0.6 is 0 Å². The molecule has 0 saturated heterocycles. The van der Waals surface area contributed by atoms with Crippen LogP contribution in [0.1, 0.15) is 27.2 Å². The molecule has 0 radical (unpaired) electrons. The van der Waals surface area contributed by atoms with E-state index in [1.54, 1.807) is 6.92 Å². The lowest BCUT2D eigenvalue weighted by Gasteiger charge is -2.21. The van der Waals surface area contributed by atoms with Crippen LogP contribution in [0.25, 0.3) is 0 Å². The van der Waals surface area contributed by atoms with Crippen molar-refractivity contribution in [2.45, 2.75) is 33.2 Å². The van der Waals surface area contributed by atoms with Crippen LogP contribution in [-0.2, 0) is 9.84 Å². The second-order valence-electron chi connectivity index (χ2n) is 4.05. The zero-order valence-corrected chi connectivity index (χ0v) is 10.7. The molecule has 0 heterocycles. The highest BCUT2D eigenvalue weighted by Crippen LogP contribution is 2.05. The van der Waals surface area contributed by atoms with Gasteiger partial charge in [-0.1, -0.05) is 20.8 Å². The molecule has 5 heteroatoms. The van der Waals surface area contributed by atoms with E-state index in [1.807, 2.05) is 0 Å². The Kier molecular flexibility index (Phi) is 7.13. The molecule has 0 amide bonds. The van der Waals surface area contributed by atoms with Gasteiger partial charge in [-0.15, -0.1) is 0 Å². The summed E-state index contributed by atoms with van der Waals surface area (Å²) in [6.07, 6.45) is 0.670. The van der Waals surface area contributed by atoms with E-state index in [0.29, 0.717) is 18.9 Å². The largest absolute Gasteiger partial charge is 0.396 e. The average molecular weight is 237 g/mol. The monoisotopic (exact) mass is 237 g/mol. The van der Waals surface area contributed by atoms with Gasteiger partial charge in [-0.3, -0.25) is 0 Å². The third-order valence-corrected chi connectivity index (χ3v) is 4.21. The lowest BCUT2D eigenvalue weighted by atomic mass is 10.0.